The molecular formula is C15H23NO3. The summed E-state index contributed by atoms with van der Waals surface area (Å²) < 4.78 is 17.0. The van der Waals surface area contributed by atoms with Crippen molar-refractivity contribution in [3.63, 3.8) is 0 Å². The largest absolute Gasteiger partial charge is 0.493 e. The van der Waals surface area contributed by atoms with Gasteiger partial charge in [0.05, 0.1) is 13.7 Å². The van der Waals surface area contributed by atoms with Gasteiger partial charge in [-0.25, -0.2) is 0 Å². The van der Waals surface area contributed by atoms with Gasteiger partial charge in [-0.05, 0) is 37.6 Å². The third kappa shape index (κ3) is 3.39. The fourth-order valence-electron chi connectivity index (χ4n) is 2.35. The van der Waals surface area contributed by atoms with Crippen LogP contribution in [0.15, 0.2) is 18.2 Å². The lowest BCUT2D eigenvalue weighted by molar-refractivity contribution is -0.0138. The average Bonchev–Trinajstić information content (AvgIpc) is 2.48. The molecule has 1 aromatic carbocycles. The van der Waals surface area contributed by atoms with Gasteiger partial charge in [0.1, 0.15) is 6.10 Å². The van der Waals surface area contributed by atoms with Gasteiger partial charge in [0.2, 0.25) is 0 Å². The van der Waals surface area contributed by atoms with E-state index < -0.39 is 0 Å². The summed E-state index contributed by atoms with van der Waals surface area (Å²) >= 11 is 0. The van der Waals surface area contributed by atoms with Gasteiger partial charge in [-0.15, -0.1) is 0 Å². The first-order valence-electron chi connectivity index (χ1n) is 6.87. The highest BCUT2D eigenvalue weighted by Crippen LogP contribution is 2.30. The maximum Gasteiger partial charge on any atom is 0.161 e. The van der Waals surface area contributed by atoms with Crippen LogP contribution in [0.2, 0.25) is 0 Å². The van der Waals surface area contributed by atoms with Crippen molar-refractivity contribution in [2.75, 3.05) is 27.4 Å². The van der Waals surface area contributed by atoms with E-state index in [0.717, 1.165) is 30.9 Å². The molecule has 1 heterocycles. The molecule has 0 aromatic heterocycles. The van der Waals surface area contributed by atoms with Gasteiger partial charge in [0.15, 0.2) is 11.5 Å². The van der Waals surface area contributed by atoms with Crippen LogP contribution in [-0.4, -0.2) is 39.5 Å². The maximum absolute atomic E-state index is 6.07. The molecule has 2 atom stereocenters. The third-order valence-corrected chi connectivity index (χ3v) is 3.59. The van der Waals surface area contributed by atoms with Crippen LogP contribution in [0, 0.1) is 0 Å². The Bertz CT molecular complexity index is 408. The van der Waals surface area contributed by atoms with E-state index in [0.29, 0.717) is 12.6 Å². The molecule has 0 spiro atoms. The number of hydrogen-bond acceptors (Lipinski definition) is 4. The van der Waals surface area contributed by atoms with E-state index in [2.05, 4.69) is 18.3 Å². The van der Waals surface area contributed by atoms with Crippen LogP contribution in [0.1, 0.15) is 18.9 Å². The van der Waals surface area contributed by atoms with Crippen molar-refractivity contribution >= 4 is 0 Å². The van der Waals surface area contributed by atoms with Gasteiger partial charge in [-0.2, -0.15) is 0 Å². The maximum atomic E-state index is 6.07. The van der Waals surface area contributed by atoms with Crippen molar-refractivity contribution < 1.29 is 14.2 Å². The molecule has 0 saturated carbocycles. The molecule has 1 fully saturated rings. The Morgan fingerprint density at radius 3 is 2.89 bits per heavy atom. The Morgan fingerprint density at radius 1 is 1.37 bits per heavy atom. The van der Waals surface area contributed by atoms with E-state index in [1.807, 2.05) is 19.2 Å². The zero-order valence-corrected chi connectivity index (χ0v) is 11.9. The van der Waals surface area contributed by atoms with Crippen molar-refractivity contribution in [3.05, 3.63) is 23.8 Å². The van der Waals surface area contributed by atoms with Gasteiger partial charge < -0.3 is 19.5 Å². The zero-order chi connectivity index (χ0) is 13.7. The highest BCUT2D eigenvalue weighted by Gasteiger charge is 2.27. The Balaban J connectivity index is 2.12. The number of benzene rings is 1. The summed E-state index contributed by atoms with van der Waals surface area (Å²) in [4.78, 5) is 0. The number of likely N-dealkylation sites (N-methyl/N-ethyl adjacent to an activating group) is 1. The van der Waals surface area contributed by atoms with E-state index in [1.54, 1.807) is 7.11 Å². The number of aryl methyl sites for hydroxylation is 1. The molecule has 1 N–H and O–H groups in total. The fraction of sp³-hybridized carbons (Fsp3) is 0.600. The summed E-state index contributed by atoms with van der Waals surface area (Å²) in [7, 11) is 3.64. The molecule has 2 rings (SSSR count). The lowest BCUT2D eigenvalue weighted by Crippen LogP contribution is -2.48. The predicted octanol–water partition coefficient (Wildman–Crippen LogP) is 2.01. The normalized spacial score (nSPS) is 23.1. The second-order valence-corrected chi connectivity index (χ2v) is 4.75. The van der Waals surface area contributed by atoms with Crippen molar-refractivity contribution in [2.24, 2.45) is 0 Å². The number of rotatable bonds is 5. The Morgan fingerprint density at radius 2 is 2.21 bits per heavy atom. The second-order valence-electron chi connectivity index (χ2n) is 4.75. The quantitative estimate of drug-likeness (QED) is 0.884. The van der Waals surface area contributed by atoms with E-state index in [9.17, 15) is 0 Å². The van der Waals surface area contributed by atoms with Crippen molar-refractivity contribution in [1.29, 1.82) is 0 Å². The van der Waals surface area contributed by atoms with Crippen molar-refractivity contribution in [1.82, 2.24) is 5.32 Å². The highest BCUT2D eigenvalue weighted by molar-refractivity contribution is 5.43. The summed E-state index contributed by atoms with van der Waals surface area (Å²) in [5.74, 6) is 1.58. The van der Waals surface area contributed by atoms with E-state index in [1.165, 1.54) is 5.56 Å². The van der Waals surface area contributed by atoms with Crippen LogP contribution in [0.4, 0.5) is 0 Å². The lowest BCUT2D eigenvalue weighted by Gasteiger charge is -2.32. The first kappa shape index (κ1) is 14.2. The molecule has 2 unspecified atom stereocenters. The summed E-state index contributed by atoms with van der Waals surface area (Å²) in [5, 5.41) is 3.29. The lowest BCUT2D eigenvalue weighted by atomic mass is 10.1. The topological polar surface area (TPSA) is 39.7 Å². The van der Waals surface area contributed by atoms with Crippen LogP contribution in [-0.2, 0) is 11.2 Å². The van der Waals surface area contributed by atoms with Gasteiger partial charge >= 0.3 is 0 Å². The van der Waals surface area contributed by atoms with Gasteiger partial charge in [0, 0.05) is 12.6 Å². The molecule has 4 heteroatoms. The molecule has 0 aliphatic carbocycles. The first-order valence-corrected chi connectivity index (χ1v) is 6.87. The fourth-order valence-corrected chi connectivity index (χ4v) is 2.35. The van der Waals surface area contributed by atoms with Gasteiger partial charge in [-0.1, -0.05) is 13.0 Å². The highest BCUT2D eigenvalue weighted by atomic mass is 16.6. The Hall–Kier alpha value is -1.26. The SMILES string of the molecule is CCc1ccc(OC2COCCC2NC)c(OC)c1. The minimum Gasteiger partial charge on any atom is -0.493 e. The second kappa shape index (κ2) is 6.78. The molecule has 1 aromatic rings. The number of hydrogen-bond donors (Lipinski definition) is 1. The van der Waals surface area contributed by atoms with E-state index >= 15 is 0 Å². The Labute approximate surface area is 115 Å². The van der Waals surface area contributed by atoms with Crippen molar-refractivity contribution in [3.8, 4) is 11.5 Å². The van der Waals surface area contributed by atoms with Gasteiger partial charge in [0.25, 0.3) is 0 Å². The molecule has 1 aliphatic heterocycles. The molecule has 0 amide bonds. The summed E-state index contributed by atoms with van der Waals surface area (Å²) in [6.45, 7) is 3.53. The number of ether oxygens (including phenoxy) is 3. The molecular weight excluding hydrogens is 242 g/mol. The van der Waals surface area contributed by atoms with E-state index in [-0.39, 0.29) is 6.10 Å². The standard InChI is InChI=1S/C15H23NO3/c1-4-11-5-6-13(14(9-11)17-3)19-15-10-18-8-7-12(15)16-2/h5-6,9,12,15-16H,4,7-8,10H2,1-3H3. The van der Waals surface area contributed by atoms with Crippen LogP contribution >= 0.6 is 0 Å². The molecule has 4 nitrogen and oxygen atoms in total. The minimum absolute atomic E-state index is 0.0279. The van der Waals surface area contributed by atoms with Crippen LogP contribution in [0.5, 0.6) is 11.5 Å². The Kier molecular flexibility index (Phi) is 5.05. The number of methoxy groups -OCH3 is 1. The van der Waals surface area contributed by atoms with Crippen LogP contribution < -0.4 is 14.8 Å². The molecule has 1 saturated heterocycles. The first-order chi connectivity index (χ1) is 9.28. The van der Waals surface area contributed by atoms with Crippen molar-refractivity contribution in [2.45, 2.75) is 31.9 Å². The van der Waals surface area contributed by atoms with E-state index in [4.69, 9.17) is 14.2 Å². The molecule has 19 heavy (non-hydrogen) atoms. The summed E-state index contributed by atoms with van der Waals surface area (Å²) in [6, 6.07) is 6.42. The third-order valence-electron chi connectivity index (χ3n) is 3.59. The van der Waals surface area contributed by atoms with Crippen LogP contribution in [0.3, 0.4) is 0 Å². The zero-order valence-electron chi connectivity index (χ0n) is 11.9. The smallest absolute Gasteiger partial charge is 0.161 e. The number of nitrogens with one attached hydrogen (secondary N) is 1. The van der Waals surface area contributed by atoms with Crippen LogP contribution in [0.25, 0.3) is 0 Å². The monoisotopic (exact) mass is 265 g/mol. The molecule has 106 valence electrons. The average molecular weight is 265 g/mol. The molecule has 0 bridgehead atoms. The van der Waals surface area contributed by atoms with Gasteiger partial charge in [-0.3, -0.25) is 0 Å². The minimum atomic E-state index is 0.0279. The molecule has 0 radical (unpaired) electrons. The predicted molar refractivity (Wildman–Crippen MR) is 75.1 cm³/mol. The molecule has 1 aliphatic rings. The summed E-state index contributed by atoms with van der Waals surface area (Å²) in [6.07, 6.45) is 1.99. The summed E-state index contributed by atoms with van der Waals surface area (Å²) in [5.41, 5.74) is 1.24.